The molecule has 3 nitrogen and oxygen atoms in total. The fourth-order valence-electron chi connectivity index (χ4n) is 6.64. The minimum absolute atomic E-state index is 0.133. The van der Waals surface area contributed by atoms with Gasteiger partial charge in [0.2, 0.25) is 0 Å². The maximum atomic E-state index is 14.0. The van der Waals surface area contributed by atoms with E-state index in [1.165, 1.54) is 5.56 Å². The molecule has 3 heteroatoms. The lowest BCUT2D eigenvalue weighted by Crippen LogP contribution is -2.41. The van der Waals surface area contributed by atoms with E-state index in [4.69, 9.17) is 4.74 Å². The van der Waals surface area contributed by atoms with Gasteiger partial charge >= 0.3 is 0 Å². The van der Waals surface area contributed by atoms with Crippen LogP contribution in [0, 0.1) is 17.8 Å². The second kappa shape index (κ2) is 10.2. The molecule has 3 aromatic carbocycles. The van der Waals surface area contributed by atoms with Crippen LogP contribution in [0.3, 0.4) is 0 Å². The molecule has 180 valence electrons. The van der Waals surface area contributed by atoms with E-state index in [9.17, 15) is 9.59 Å². The first kappa shape index (κ1) is 23.5. The van der Waals surface area contributed by atoms with Crippen LogP contribution in [0.4, 0.5) is 0 Å². The second-order valence-corrected chi connectivity index (χ2v) is 10.3. The summed E-state index contributed by atoms with van der Waals surface area (Å²) in [6, 6.07) is 26.5. The molecule has 0 saturated heterocycles. The van der Waals surface area contributed by atoms with Gasteiger partial charge in [-0.15, -0.1) is 0 Å². The number of rotatable bonds is 6. The molecule has 0 aliphatic heterocycles. The van der Waals surface area contributed by atoms with Gasteiger partial charge in [-0.2, -0.15) is 0 Å². The Labute approximate surface area is 208 Å². The maximum Gasteiger partial charge on any atom is 0.167 e. The SMILES string of the molecule is COc1ccc([C@H]2C(C3CCC(Cc4ccccc4)CC3)C(=O)c3ccccc3[C@H]2C(C)=O)cc1. The predicted molar refractivity (Wildman–Crippen MR) is 139 cm³/mol. The Bertz CT molecular complexity index is 1170. The zero-order valence-corrected chi connectivity index (χ0v) is 20.7. The molecule has 1 unspecified atom stereocenters. The number of hydrogen-bond donors (Lipinski definition) is 0. The lowest BCUT2D eigenvalue weighted by Gasteiger charge is -2.43. The fraction of sp³-hybridized carbons (Fsp3) is 0.375. The van der Waals surface area contributed by atoms with E-state index in [1.807, 2.05) is 36.4 Å². The summed E-state index contributed by atoms with van der Waals surface area (Å²) >= 11 is 0. The molecule has 0 radical (unpaired) electrons. The summed E-state index contributed by atoms with van der Waals surface area (Å²) < 4.78 is 5.38. The van der Waals surface area contributed by atoms with Gasteiger partial charge in [0, 0.05) is 17.4 Å². The third-order valence-electron chi connectivity index (χ3n) is 8.32. The number of ether oxygens (including phenoxy) is 1. The Morgan fingerprint density at radius 2 is 1.49 bits per heavy atom. The summed E-state index contributed by atoms with van der Waals surface area (Å²) in [5.74, 6) is 1.46. The van der Waals surface area contributed by atoms with Crippen LogP contribution in [0.5, 0.6) is 5.75 Å². The monoisotopic (exact) mass is 466 g/mol. The van der Waals surface area contributed by atoms with Crippen LogP contribution >= 0.6 is 0 Å². The Kier molecular flexibility index (Phi) is 6.86. The molecule has 0 heterocycles. The van der Waals surface area contributed by atoms with Crippen molar-refractivity contribution in [3.63, 3.8) is 0 Å². The zero-order chi connectivity index (χ0) is 24.4. The van der Waals surface area contributed by atoms with Crippen LogP contribution in [0.15, 0.2) is 78.9 Å². The first-order chi connectivity index (χ1) is 17.1. The highest BCUT2D eigenvalue weighted by molar-refractivity contribution is 6.04. The summed E-state index contributed by atoms with van der Waals surface area (Å²) in [6.07, 6.45) is 5.43. The van der Waals surface area contributed by atoms with Gasteiger partial charge in [0.1, 0.15) is 11.5 Å². The lowest BCUT2D eigenvalue weighted by atomic mass is 9.58. The minimum Gasteiger partial charge on any atom is -0.497 e. The number of carbonyl (C=O) groups excluding carboxylic acids is 2. The van der Waals surface area contributed by atoms with E-state index in [2.05, 4.69) is 42.5 Å². The van der Waals surface area contributed by atoms with Crippen molar-refractivity contribution in [3.8, 4) is 5.75 Å². The molecular weight excluding hydrogens is 432 g/mol. The predicted octanol–water partition coefficient (Wildman–Crippen LogP) is 7.01. The van der Waals surface area contributed by atoms with E-state index in [0.717, 1.165) is 54.5 Å². The fourth-order valence-corrected chi connectivity index (χ4v) is 6.64. The highest BCUT2D eigenvalue weighted by Crippen LogP contribution is 2.52. The molecule has 1 fully saturated rings. The number of benzene rings is 3. The van der Waals surface area contributed by atoms with Crippen LogP contribution in [0.25, 0.3) is 0 Å². The van der Waals surface area contributed by atoms with E-state index in [0.29, 0.717) is 5.92 Å². The number of carbonyl (C=O) groups is 2. The third-order valence-corrected chi connectivity index (χ3v) is 8.32. The number of Topliss-reactive ketones (excluding diaryl/α,β-unsaturated/α-hetero) is 2. The molecule has 3 aromatic rings. The van der Waals surface area contributed by atoms with Gasteiger partial charge in [-0.3, -0.25) is 9.59 Å². The topological polar surface area (TPSA) is 43.4 Å². The minimum atomic E-state index is -0.302. The van der Waals surface area contributed by atoms with Crippen molar-refractivity contribution in [2.75, 3.05) is 7.11 Å². The molecule has 0 aromatic heterocycles. The molecule has 0 amide bonds. The van der Waals surface area contributed by atoms with Crippen molar-refractivity contribution in [2.45, 2.75) is 50.9 Å². The molecule has 2 aliphatic rings. The summed E-state index contributed by atoms with van der Waals surface area (Å²) in [5, 5.41) is 0. The average molecular weight is 467 g/mol. The van der Waals surface area contributed by atoms with Crippen LogP contribution in [-0.2, 0) is 11.2 Å². The molecule has 0 spiro atoms. The Morgan fingerprint density at radius 3 is 2.14 bits per heavy atom. The molecular formula is C32H34O3. The highest BCUT2D eigenvalue weighted by Gasteiger charge is 2.48. The molecule has 0 bridgehead atoms. The lowest BCUT2D eigenvalue weighted by molar-refractivity contribution is -0.119. The Hall–Kier alpha value is -3.20. The van der Waals surface area contributed by atoms with Crippen LogP contribution < -0.4 is 4.74 Å². The highest BCUT2D eigenvalue weighted by atomic mass is 16.5. The number of hydrogen-bond acceptors (Lipinski definition) is 3. The van der Waals surface area contributed by atoms with Gasteiger partial charge < -0.3 is 4.74 Å². The number of fused-ring (bicyclic) bond motifs is 1. The summed E-state index contributed by atoms with van der Waals surface area (Å²) in [4.78, 5) is 27.2. The first-order valence-corrected chi connectivity index (χ1v) is 12.9. The molecule has 2 aliphatic carbocycles. The number of methoxy groups -OCH3 is 1. The van der Waals surface area contributed by atoms with E-state index in [-0.39, 0.29) is 35.2 Å². The molecule has 1 saturated carbocycles. The summed E-state index contributed by atoms with van der Waals surface area (Å²) in [5.41, 5.74) is 4.09. The molecule has 5 rings (SSSR count). The van der Waals surface area contributed by atoms with Crippen molar-refractivity contribution in [1.82, 2.24) is 0 Å². The Morgan fingerprint density at radius 1 is 0.829 bits per heavy atom. The molecule has 35 heavy (non-hydrogen) atoms. The van der Waals surface area contributed by atoms with Crippen LogP contribution in [-0.4, -0.2) is 18.7 Å². The van der Waals surface area contributed by atoms with Crippen molar-refractivity contribution < 1.29 is 14.3 Å². The largest absolute Gasteiger partial charge is 0.497 e. The molecule has 0 N–H and O–H groups in total. The second-order valence-electron chi connectivity index (χ2n) is 10.3. The van der Waals surface area contributed by atoms with Crippen molar-refractivity contribution >= 4 is 11.6 Å². The van der Waals surface area contributed by atoms with Crippen molar-refractivity contribution in [2.24, 2.45) is 17.8 Å². The maximum absolute atomic E-state index is 14.0. The Balaban J connectivity index is 1.47. The van der Waals surface area contributed by atoms with E-state index in [1.54, 1.807) is 14.0 Å². The molecule has 3 atom stereocenters. The average Bonchev–Trinajstić information content (AvgIpc) is 2.90. The van der Waals surface area contributed by atoms with Gasteiger partial charge in [-0.05, 0) is 79.7 Å². The van der Waals surface area contributed by atoms with Crippen LogP contribution in [0.1, 0.15) is 71.5 Å². The van der Waals surface area contributed by atoms with Crippen molar-refractivity contribution in [3.05, 3.63) is 101 Å². The third kappa shape index (κ3) is 4.69. The van der Waals surface area contributed by atoms with Crippen LogP contribution in [0.2, 0.25) is 0 Å². The van der Waals surface area contributed by atoms with Gasteiger partial charge in [-0.25, -0.2) is 0 Å². The van der Waals surface area contributed by atoms with E-state index < -0.39 is 0 Å². The van der Waals surface area contributed by atoms with Gasteiger partial charge in [0.05, 0.1) is 13.0 Å². The quantitative estimate of drug-likeness (QED) is 0.392. The van der Waals surface area contributed by atoms with Gasteiger partial charge in [-0.1, -0.05) is 66.7 Å². The zero-order valence-electron chi connectivity index (χ0n) is 20.7. The summed E-state index contributed by atoms with van der Waals surface area (Å²) in [7, 11) is 1.66. The van der Waals surface area contributed by atoms with Gasteiger partial charge in [0.25, 0.3) is 0 Å². The first-order valence-electron chi connectivity index (χ1n) is 12.9. The van der Waals surface area contributed by atoms with Gasteiger partial charge in [0.15, 0.2) is 5.78 Å². The standard InChI is InChI=1S/C32H34O3/c1-21(33)29-27-10-6-7-11-28(27)32(34)31(30(29)24-16-18-26(35-2)19-17-24)25-14-12-23(13-15-25)20-22-8-4-3-5-9-22/h3-11,16-19,23,25,29-31H,12-15,20H2,1-2H3/t23?,25?,29-,30-,31?/m1/s1. The van der Waals surface area contributed by atoms with Crippen molar-refractivity contribution in [1.29, 1.82) is 0 Å². The normalized spacial score (nSPS) is 26.1. The number of ketones is 2. The smallest absolute Gasteiger partial charge is 0.167 e. The summed E-state index contributed by atoms with van der Waals surface area (Å²) in [6.45, 7) is 1.68. The van der Waals surface area contributed by atoms with E-state index >= 15 is 0 Å².